The van der Waals surface area contributed by atoms with E-state index in [1.807, 2.05) is 49.4 Å². The van der Waals surface area contributed by atoms with Crippen LogP contribution >= 0.6 is 12.2 Å². The first kappa shape index (κ1) is 17.8. The molecule has 0 radical (unpaired) electrons. The molecule has 138 valence electrons. The van der Waals surface area contributed by atoms with Crippen molar-refractivity contribution in [2.75, 3.05) is 5.32 Å². The first-order valence-corrected chi connectivity index (χ1v) is 9.00. The van der Waals surface area contributed by atoms with E-state index in [0.717, 1.165) is 11.1 Å². The molecule has 0 spiro atoms. The number of fused-ring (bicyclic) bond motifs is 1. The quantitative estimate of drug-likeness (QED) is 0.509. The van der Waals surface area contributed by atoms with E-state index >= 15 is 0 Å². The van der Waals surface area contributed by atoms with E-state index < -0.39 is 0 Å². The van der Waals surface area contributed by atoms with Gasteiger partial charge in [0.1, 0.15) is 5.52 Å². The first-order valence-electron chi connectivity index (χ1n) is 8.59. The molecule has 0 unspecified atom stereocenters. The molecule has 2 aromatic carbocycles. The highest BCUT2D eigenvalue weighted by molar-refractivity contribution is 7.80. The summed E-state index contributed by atoms with van der Waals surface area (Å²) in [4.78, 5) is 20.9. The van der Waals surface area contributed by atoms with Gasteiger partial charge in [-0.15, -0.1) is 0 Å². The zero-order chi connectivity index (χ0) is 19.5. The number of carbonyl (C=O) groups is 1. The van der Waals surface area contributed by atoms with Crippen LogP contribution in [-0.4, -0.2) is 21.0 Å². The second kappa shape index (κ2) is 7.58. The lowest BCUT2D eigenvalue weighted by atomic mass is 10.1. The number of rotatable bonds is 3. The van der Waals surface area contributed by atoms with Crippen molar-refractivity contribution in [3.8, 4) is 11.5 Å². The Balaban J connectivity index is 1.49. The molecule has 28 heavy (non-hydrogen) atoms. The van der Waals surface area contributed by atoms with E-state index in [4.69, 9.17) is 16.6 Å². The van der Waals surface area contributed by atoms with Crippen LogP contribution in [0.4, 0.5) is 5.69 Å². The van der Waals surface area contributed by atoms with Gasteiger partial charge in [-0.3, -0.25) is 15.1 Å². The molecule has 4 aromatic rings. The number of hydrogen-bond acceptors (Lipinski definition) is 5. The molecule has 0 saturated carbocycles. The molecule has 4 rings (SSSR count). The van der Waals surface area contributed by atoms with E-state index in [1.54, 1.807) is 24.5 Å². The highest BCUT2D eigenvalue weighted by Gasteiger charge is 2.12. The average molecular weight is 388 g/mol. The van der Waals surface area contributed by atoms with Crippen molar-refractivity contribution in [3.63, 3.8) is 0 Å². The minimum absolute atomic E-state index is 0.213. The van der Waals surface area contributed by atoms with Crippen LogP contribution in [0.15, 0.2) is 71.4 Å². The molecule has 0 saturated heterocycles. The summed E-state index contributed by atoms with van der Waals surface area (Å²) in [6, 6.07) is 16.4. The number of nitrogens with one attached hydrogen (secondary N) is 2. The van der Waals surface area contributed by atoms with Gasteiger partial charge >= 0.3 is 0 Å². The second-order valence-corrected chi connectivity index (χ2v) is 6.57. The lowest BCUT2D eigenvalue weighted by Gasteiger charge is -2.10. The molecule has 6 nitrogen and oxygen atoms in total. The Morgan fingerprint density at radius 3 is 2.64 bits per heavy atom. The largest absolute Gasteiger partial charge is 0.436 e. The van der Waals surface area contributed by atoms with Gasteiger partial charge in [-0.05, 0) is 61.1 Å². The molecule has 2 N–H and O–H groups in total. The standard InChI is InChI=1S/C21H16N4O2S/c1-13-4-2-3-5-16(13)19(26)25-21(28)23-15-6-7-18-17(12-15)24-20(27-18)14-8-10-22-11-9-14/h2-12H,1H3,(H2,23,25,26,28). The van der Waals surface area contributed by atoms with Gasteiger partial charge < -0.3 is 9.73 Å². The summed E-state index contributed by atoms with van der Waals surface area (Å²) in [7, 11) is 0. The van der Waals surface area contributed by atoms with Crippen molar-refractivity contribution in [2.24, 2.45) is 0 Å². The minimum Gasteiger partial charge on any atom is -0.436 e. The van der Waals surface area contributed by atoms with E-state index in [2.05, 4.69) is 20.6 Å². The van der Waals surface area contributed by atoms with Crippen molar-refractivity contribution >= 4 is 40.0 Å². The van der Waals surface area contributed by atoms with Crippen LogP contribution in [0.5, 0.6) is 0 Å². The number of amides is 1. The Morgan fingerprint density at radius 2 is 1.86 bits per heavy atom. The number of oxazole rings is 1. The highest BCUT2D eigenvalue weighted by atomic mass is 32.1. The van der Waals surface area contributed by atoms with E-state index in [0.29, 0.717) is 28.2 Å². The van der Waals surface area contributed by atoms with Gasteiger partial charge in [0.25, 0.3) is 5.91 Å². The SMILES string of the molecule is Cc1ccccc1C(=O)NC(=S)Nc1ccc2oc(-c3ccncc3)nc2c1. The minimum atomic E-state index is -0.252. The van der Waals surface area contributed by atoms with Crippen LogP contribution < -0.4 is 10.6 Å². The summed E-state index contributed by atoms with van der Waals surface area (Å²) < 4.78 is 5.78. The van der Waals surface area contributed by atoms with Gasteiger partial charge in [0, 0.05) is 29.2 Å². The number of aryl methyl sites for hydroxylation is 1. The number of thiocarbonyl (C=S) groups is 1. The summed E-state index contributed by atoms with van der Waals surface area (Å²) in [6.45, 7) is 1.88. The summed E-state index contributed by atoms with van der Waals surface area (Å²) in [5.74, 6) is 0.267. The van der Waals surface area contributed by atoms with Crippen molar-refractivity contribution in [2.45, 2.75) is 6.92 Å². The highest BCUT2D eigenvalue weighted by Crippen LogP contribution is 2.25. The Hall–Kier alpha value is -3.58. The fourth-order valence-electron chi connectivity index (χ4n) is 2.78. The molecule has 1 amide bonds. The summed E-state index contributed by atoms with van der Waals surface area (Å²) in [5, 5.41) is 5.92. The average Bonchev–Trinajstić information content (AvgIpc) is 3.12. The molecular formula is C21H16N4O2S. The molecular weight excluding hydrogens is 372 g/mol. The van der Waals surface area contributed by atoms with Crippen molar-refractivity contribution in [1.82, 2.24) is 15.3 Å². The second-order valence-electron chi connectivity index (χ2n) is 6.16. The molecule has 0 aliphatic carbocycles. The maximum atomic E-state index is 12.4. The normalized spacial score (nSPS) is 10.6. The number of nitrogens with zero attached hydrogens (tertiary/aromatic N) is 2. The van der Waals surface area contributed by atoms with Crippen molar-refractivity contribution < 1.29 is 9.21 Å². The van der Waals surface area contributed by atoms with Crippen molar-refractivity contribution in [3.05, 3.63) is 78.1 Å². The third-order valence-corrected chi connectivity index (χ3v) is 4.39. The molecule has 0 atom stereocenters. The van der Waals surface area contributed by atoms with Gasteiger partial charge in [0.2, 0.25) is 5.89 Å². The fraction of sp³-hybridized carbons (Fsp3) is 0.0476. The zero-order valence-corrected chi connectivity index (χ0v) is 15.8. The van der Waals surface area contributed by atoms with Gasteiger partial charge in [-0.25, -0.2) is 4.98 Å². The van der Waals surface area contributed by atoms with Crippen LogP contribution in [0.1, 0.15) is 15.9 Å². The zero-order valence-electron chi connectivity index (χ0n) is 15.0. The topological polar surface area (TPSA) is 80.0 Å². The lowest BCUT2D eigenvalue weighted by molar-refractivity contribution is 0.0977. The van der Waals surface area contributed by atoms with E-state index in [9.17, 15) is 4.79 Å². The third-order valence-electron chi connectivity index (χ3n) is 4.19. The van der Waals surface area contributed by atoms with Gasteiger partial charge in [-0.2, -0.15) is 0 Å². The number of pyridine rings is 1. The molecule has 2 aromatic heterocycles. The van der Waals surface area contributed by atoms with Gasteiger partial charge in [0.05, 0.1) is 0 Å². The Kier molecular flexibility index (Phi) is 4.82. The lowest BCUT2D eigenvalue weighted by Crippen LogP contribution is -2.34. The van der Waals surface area contributed by atoms with E-state index in [1.165, 1.54) is 0 Å². The molecule has 2 heterocycles. The van der Waals surface area contributed by atoms with Gasteiger partial charge in [0.15, 0.2) is 10.7 Å². The number of carbonyl (C=O) groups excluding carboxylic acids is 1. The maximum Gasteiger partial charge on any atom is 0.257 e. The number of benzene rings is 2. The predicted molar refractivity (Wildman–Crippen MR) is 112 cm³/mol. The first-order chi connectivity index (χ1) is 13.6. The summed E-state index contributed by atoms with van der Waals surface area (Å²) in [6.07, 6.45) is 3.37. The maximum absolute atomic E-state index is 12.4. The van der Waals surface area contributed by atoms with Crippen LogP contribution in [0.3, 0.4) is 0 Å². The molecule has 0 bridgehead atoms. The molecule has 0 aliphatic rings. The van der Waals surface area contributed by atoms with Crippen LogP contribution in [0.25, 0.3) is 22.6 Å². The van der Waals surface area contributed by atoms with Crippen LogP contribution in [0, 0.1) is 6.92 Å². The Labute approximate surface area is 166 Å². The predicted octanol–water partition coefficient (Wildman–Crippen LogP) is 4.33. The Morgan fingerprint density at radius 1 is 1.07 bits per heavy atom. The van der Waals surface area contributed by atoms with Crippen molar-refractivity contribution in [1.29, 1.82) is 0 Å². The van der Waals surface area contributed by atoms with Crippen LogP contribution in [0.2, 0.25) is 0 Å². The Bertz CT molecular complexity index is 1170. The summed E-state index contributed by atoms with van der Waals surface area (Å²) >= 11 is 5.27. The number of hydrogen-bond donors (Lipinski definition) is 2. The van der Waals surface area contributed by atoms with E-state index in [-0.39, 0.29) is 11.0 Å². The smallest absolute Gasteiger partial charge is 0.257 e. The molecule has 0 aliphatic heterocycles. The summed E-state index contributed by atoms with van der Waals surface area (Å²) in [5.41, 5.74) is 4.37. The number of anilines is 1. The number of aromatic nitrogens is 2. The fourth-order valence-corrected chi connectivity index (χ4v) is 2.99. The molecule has 7 heteroatoms. The monoisotopic (exact) mass is 388 g/mol. The molecule has 0 fully saturated rings. The third kappa shape index (κ3) is 3.74. The van der Waals surface area contributed by atoms with Crippen LogP contribution in [-0.2, 0) is 0 Å². The van der Waals surface area contributed by atoms with Gasteiger partial charge in [-0.1, -0.05) is 18.2 Å².